The molecule has 164 valence electrons. The predicted octanol–water partition coefficient (Wildman–Crippen LogP) is 5.72. The first-order valence-corrected chi connectivity index (χ1v) is 12.0. The van der Waals surface area contributed by atoms with E-state index in [0.717, 1.165) is 40.7 Å². The van der Waals surface area contributed by atoms with Gasteiger partial charge in [0, 0.05) is 40.9 Å². The van der Waals surface area contributed by atoms with Crippen molar-refractivity contribution in [2.45, 2.75) is 59.5 Å². The van der Waals surface area contributed by atoms with Crippen LogP contribution in [0.15, 0.2) is 36.5 Å². The van der Waals surface area contributed by atoms with E-state index in [2.05, 4.69) is 76.4 Å². The number of hydrogen-bond donors (Lipinski definition) is 3. The van der Waals surface area contributed by atoms with Gasteiger partial charge in [0.15, 0.2) is 5.65 Å². The highest BCUT2D eigenvalue weighted by Crippen LogP contribution is 2.92. The van der Waals surface area contributed by atoms with Crippen LogP contribution in [0.2, 0.25) is 0 Å². The van der Waals surface area contributed by atoms with Crippen LogP contribution in [0.5, 0.6) is 0 Å². The average Bonchev–Trinajstić information content (AvgIpc) is 3.17. The minimum Gasteiger partial charge on any atom is -0.354 e. The number of hydrogen-bond acceptors (Lipinski definition) is 3. The Morgan fingerprint density at radius 1 is 1.12 bits per heavy atom. The third kappa shape index (κ3) is 2.09. The molecule has 32 heavy (non-hydrogen) atoms. The third-order valence-corrected chi connectivity index (χ3v) is 10.1. The van der Waals surface area contributed by atoms with E-state index in [0.29, 0.717) is 22.3 Å². The van der Waals surface area contributed by atoms with E-state index in [1.165, 1.54) is 35.7 Å². The lowest BCUT2D eigenvalue weighted by molar-refractivity contribution is 0.0850. The Labute approximate surface area is 188 Å². The smallest absolute Gasteiger partial charge is 0.178 e. The van der Waals surface area contributed by atoms with Crippen molar-refractivity contribution in [2.75, 3.05) is 0 Å². The maximum absolute atomic E-state index is 4.48. The number of nitrogens with zero attached hydrogens (tertiary/aromatic N) is 2. The molecule has 1 spiro atoms. The normalized spacial score (nSPS) is 32.1. The highest BCUT2D eigenvalue weighted by atomic mass is 15.0. The Morgan fingerprint density at radius 2 is 2.00 bits per heavy atom. The summed E-state index contributed by atoms with van der Waals surface area (Å²) in [6.07, 6.45) is 6.02. The standard InChI is InChI=1S/C27H31N5/c1-15-30-23-18(8-10-28-24(23)31-15)21-12-17-11-16(5-6-20(17)32-21)14-29-22-13-26(4)25(2,3)27(26)9-7-19(22)27/h5-6,8,10-12,19,22,29,32H,7,9,13-14H2,1-4H3,(H,28,30,31). The molecule has 0 radical (unpaired) electrons. The van der Waals surface area contributed by atoms with Crippen LogP contribution in [0.25, 0.3) is 33.3 Å². The number of rotatable bonds is 4. The molecule has 5 nitrogen and oxygen atoms in total. The van der Waals surface area contributed by atoms with Gasteiger partial charge in [0.1, 0.15) is 5.82 Å². The highest BCUT2D eigenvalue weighted by Gasteiger charge is 2.88. The van der Waals surface area contributed by atoms with Crippen molar-refractivity contribution in [3.8, 4) is 11.3 Å². The van der Waals surface area contributed by atoms with Crippen LogP contribution >= 0.6 is 0 Å². The minimum atomic E-state index is 0.535. The zero-order valence-corrected chi connectivity index (χ0v) is 19.3. The molecule has 3 aromatic heterocycles. The zero-order valence-electron chi connectivity index (χ0n) is 19.3. The van der Waals surface area contributed by atoms with Crippen LogP contribution in [0.1, 0.15) is 51.4 Å². The van der Waals surface area contributed by atoms with Gasteiger partial charge in [-0.1, -0.05) is 26.8 Å². The first kappa shape index (κ1) is 18.9. The molecule has 0 bridgehead atoms. The molecule has 3 heterocycles. The molecule has 1 aromatic carbocycles. The van der Waals surface area contributed by atoms with Gasteiger partial charge < -0.3 is 15.3 Å². The number of benzene rings is 1. The van der Waals surface area contributed by atoms with Crippen molar-refractivity contribution in [3.05, 3.63) is 47.9 Å². The van der Waals surface area contributed by atoms with E-state index in [9.17, 15) is 0 Å². The summed E-state index contributed by atoms with van der Waals surface area (Å²) in [6, 6.07) is 11.8. The fourth-order valence-corrected chi connectivity index (χ4v) is 8.11. The SMILES string of the molecule is Cc1nc2nccc(-c3cc4cc(CNC5CC6(C)C(C)(C)C67CCC57)ccc4[nH]3)c2[nH]1. The summed E-state index contributed by atoms with van der Waals surface area (Å²) in [6.45, 7) is 10.5. The van der Waals surface area contributed by atoms with Crippen molar-refractivity contribution < 1.29 is 0 Å². The second kappa shape index (κ2) is 5.82. The Kier molecular flexibility index (Phi) is 3.43. The van der Waals surface area contributed by atoms with E-state index in [4.69, 9.17) is 0 Å². The second-order valence-electron chi connectivity index (χ2n) is 11.2. The number of aromatic nitrogens is 4. The minimum absolute atomic E-state index is 0.535. The number of nitrogens with one attached hydrogen (secondary N) is 3. The summed E-state index contributed by atoms with van der Waals surface area (Å²) in [5.74, 6) is 1.76. The molecule has 0 amide bonds. The van der Waals surface area contributed by atoms with Crippen LogP contribution in [-0.4, -0.2) is 26.0 Å². The summed E-state index contributed by atoms with van der Waals surface area (Å²) >= 11 is 0. The van der Waals surface area contributed by atoms with Crippen molar-refractivity contribution in [1.29, 1.82) is 0 Å². The molecule has 3 saturated carbocycles. The molecule has 3 aliphatic carbocycles. The largest absolute Gasteiger partial charge is 0.354 e. The molecule has 0 saturated heterocycles. The van der Waals surface area contributed by atoms with Gasteiger partial charge in [0.25, 0.3) is 0 Å². The van der Waals surface area contributed by atoms with Crippen LogP contribution in [0.4, 0.5) is 0 Å². The molecule has 4 aromatic rings. The quantitative estimate of drug-likeness (QED) is 0.392. The molecule has 4 unspecified atom stereocenters. The average molecular weight is 426 g/mol. The Balaban J connectivity index is 1.13. The van der Waals surface area contributed by atoms with E-state index in [1.54, 1.807) is 0 Å². The summed E-state index contributed by atoms with van der Waals surface area (Å²) in [4.78, 5) is 15.8. The summed E-state index contributed by atoms with van der Waals surface area (Å²) in [5, 5.41) is 5.20. The van der Waals surface area contributed by atoms with Crippen molar-refractivity contribution >= 4 is 22.1 Å². The lowest BCUT2D eigenvalue weighted by atomic mass is 9.65. The van der Waals surface area contributed by atoms with Gasteiger partial charge in [-0.05, 0) is 78.2 Å². The summed E-state index contributed by atoms with van der Waals surface area (Å²) in [5.41, 5.74) is 8.20. The van der Waals surface area contributed by atoms with Gasteiger partial charge in [-0.3, -0.25) is 0 Å². The number of aromatic amines is 2. The van der Waals surface area contributed by atoms with Gasteiger partial charge >= 0.3 is 0 Å². The summed E-state index contributed by atoms with van der Waals surface area (Å²) < 4.78 is 0. The van der Waals surface area contributed by atoms with Gasteiger partial charge in [0.2, 0.25) is 0 Å². The molecular formula is C27H31N5. The zero-order chi connectivity index (χ0) is 21.9. The monoisotopic (exact) mass is 425 g/mol. The van der Waals surface area contributed by atoms with Gasteiger partial charge in [0.05, 0.1) is 5.52 Å². The van der Waals surface area contributed by atoms with Crippen molar-refractivity contribution in [1.82, 2.24) is 25.3 Å². The fourth-order valence-electron chi connectivity index (χ4n) is 8.11. The number of aryl methyl sites for hydroxylation is 1. The predicted molar refractivity (Wildman–Crippen MR) is 128 cm³/mol. The van der Waals surface area contributed by atoms with Crippen LogP contribution < -0.4 is 5.32 Å². The molecule has 3 aliphatic rings. The van der Waals surface area contributed by atoms with Crippen LogP contribution in [0.3, 0.4) is 0 Å². The molecule has 4 atom stereocenters. The third-order valence-electron chi connectivity index (χ3n) is 10.1. The molecule has 7 rings (SSSR count). The van der Waals surface area contributed by atoms with E-state index in [1.807, 2.05) is 13.1 Å². The Morgan fingerprint density at radius 3 is 2.78 bits per heavy atom. The van der Waals surface area contributed by atoms with E-state index >= 15 is 0 Å². The van der Waals surface area contributed by atoms with Gasteiger partial charge in [-0.2, -0.15) is 0 Å². The molecular weight excluding hydrogens is 394 g/mol. The van der Waals surface area contributed by atoms with Gasteiger partial charge in [-0.25, -0.2) is 9.97 Å². The summed E-state index contributed by atoms with van der Waals surface area (Å²) in [7, 11) is 0. The number of pyridine rings is 1. The van der Waals surface area contributed by atoms with Crippen LogP contribution in [0, 0.1) is 29.1 Å². The lowest BCUT2D eigenvalue weighted by Crippen LogP contribution is -2.44. The Bertz CT molecular complexity index is 1390. The lowest BCUT2D eigenvalue weighted by Gasteiger charge is -2.42. The first-order chi connectivity index (χ1) is 15.3. The van der Waals surface area contributed by atoms with Crippen LogP contribution in [-0.2, 0) is 6.54 Å². The Hall–Kier alpha value is -2.66. The van der Waals surface area contributed by atoms with Crippen molar-refractivity contribution in [2.24, 2.45) is 22.2 Å². The molecule has 0 aliphatic heterocycles. The first-order valence-electron chi connectivity index (χ1n) is 12.0. The second-order valence-corrected chi connectivity index (χ2v) is 11.2. The van der Waals surface area contributed by atoms with Gasteiger partial charge in [-0.15, -0.1) is 0 Å². The maximum Gasteiger partial charge on any atom is 0.178 e. The number of imidazole rings is 1. The number of H-pyrrole nitrogens is 2. The van der Waals surface area contributed by atoms with E-state index < -0.39 is 0 Å². The molecule has 3 N–H and O–H groups in total. The molecule has 3 fully saturated rings. The topological polar surface area (TPSA) is 69.4 Å². The van der Waals surface area contributed by atoms with E-state index in [-0.39, 0.29) is 0 Å². The highest BCUT2D eigenvalue weighted by molar-refractivity contribution is 5.94. The van der Waals surface area contributed by atoms with Crippen molar-refractivity contribution in [3.63, 3.8) is 0 Å². The molecule has 5 heteroatoms. The fraction of sp³-hybridized carbons (Fsp3) is 0.481. The number of fused-ring (bicyclic) bond motifs is 2. The maximum atomic E-state index is 4.48.